The highest BCUT2D eigenvalue weighted by atomic mass is 32.1. The molecule has 3 N–H and O–H groups in total. The largest absolute Gasteiger partial charge is 0.480 e. The summed E-state index contributed by atoms with van der Waals surface area (Å²) in [7, 11) is 0. The number of carbonyl (C=O) groups excluding carboxylic acids is 1. The minimum Gasteiger partial charge on any atom is -0.480 e. The number of fused-ring (bicyclic) bond motifs is 1. The van der Waals surface area contributed by atoms with E-state index < -0.39 is 18.1 Å². The summed E-state index contributed by atoms with van der Waals surface area (Å²) < 4.78 is 0. The van der Waals surface area contributed by atoms with Gasteiger partial charge in [-0.2, -0.15) is 12.6 Å². The van der Waals surface area contributed by atoms with E-state index in [0.717, 1.165) is 12.8 Å². The molecule has 1 saturated carbocycles. The molecule has 4 atom stereocenters. The number of aliphatic carboxylic acids is 1. The first kappa shape index (κ1) is 14.7. The first-order chi connectivity index (χ1) is 9.04. The van der Waals surface area contributed by atoms with Crippen molar-refractivity contribution in [2.45, 2.75) is 44.2 Å². The van der Waals surface area contributed by atoms with Gasteiger partial charge in [0.05, 0.1) is 6.04 Å². The Morgan fingerprint density at radius 1 is 1.32 bits per heavy atom. The number of rotatable bonds is 3. The average molecular weight is 286 g/mol. The van der Waals surface area contributed by atoms with Gasteiger partial charge in [-0.1, -0.05) is 19.3 Å². The lowest BCUT2D eigenvalue weighted by atomic mass is 9.73. The van der Waals surface area contributed by atoms with E-state index in [0.29, 0.717) is 24.8 Å². The van der Waals surface area contributed by atoms with Crippen LogP contribution in [0.2, 0.25) is 0 Å². The van der Waals surface area contributed by atoms with Crippen LogP contribution in [0.1, 0.15) is 32.1 Å². The molecule has 0 aromatic carbocycles. The van der Waals surface area contributed by atoms with Crippen molar-refractivity contribution in [2.75, 3.05) is 12.3 Å². The number of amides is 1. The Labute approximate surface area is 118 Å². The van der Waals surface area contributed by atoms with Crippen LogP contribution in [-0.2, 0) is 9.59 Å². The molecule has 1 aliphatic heterocycles. The molecule has 0 spiro atoms. The Balaban J connectivity index is 2.14. The number of carboxylic acids is 1. The van der Waals surface area contributed by atoms with E-state index in [1.165, 1.54) is 17.7 Å². The van der Waals surface area contributed by atoms with Gasteiger partial charge in [0.25, 0.3) is 0 Å². The van der Waals surface area contributed by atoms with Crippen LogP contribution >= 0.6 is 12.6 Å². The zero-order chi connectivity index (χ0) is 14.0. The molecular formula is C13H22N2O3S. The van der Waals surface area contributed by atoms with E-state index in [-0.39, 0.29) is 11.7 Å². The molecule has 2 aliphatic rings. The first-order valence-electron chi connectivity index (χ1n) is 6.94. The Kier molecular flexibility index (Phi) is 4.73. The van der Waals surface area contributed by atoms with Gasteiger partial charge in [0.1, 0.15) is 6.04 Å². The summed E-state index contributed by atoms with van der Waals surface area (Å²) >= 11 is 4.03. The molecule has 1 aliphatic carbocycles. The van der Waals surface area contributed by atoms with Crippen molar-refractivity contribution < 1.29 is 14.7 Å². The number of hydrogen-bond donors (Lipinski definition) is 3. The Morgan fingerprint density at radius 2 is 1.95 bits per heavy atom. The van der Waals surface area contributed by atoms with Gasteiger partial charge in [-0.3, -0.25) is 4.79 Å². The van der Waals surface area contributed by atoms with Crippen molar-refractivity contribution in [1.29, 1.82) is 0 Å². The average Bonchev–Trinajstić information content (AvgIpc) is 2.44. The Morgan fingerprint density at radius 3 is 2.53 bits per heavy atom. The van der Waals surface area contributed by atoms with Crippen LogP contribution in [0.4, 0.5) is 0 Å². The predicted molar refractivity (Wildman–Crippen MR) is 75.0 cm³/mol. The summed E-state index contributed by atoms with van der Waals surface area (Å²) in [5, 5.41) is 9.35. The molecule has 2 rings (SSSR count). The van der Waals surface area contributed by atoms with Crippen LogP contribution in [0.3, 0.4) is 0 Å². The number of hydrogen-bond acceptors (Lipinski definition) is 4. The second-order valence-corrected chi connectivity index (χ2v) is 6.04. The molecule has 6 heteroatoms. The second kappa shape index (κ2) is 6.13. The fraction of sp³-hybridized carbons (Fsp3) is 0.846. The van der Waals surface area contributed by atoms with E-state index in [2.05, 4.69) is 12.6 Å². The van der Waals surface area contributed by atoms with E-state index in [9.17, 15) is 14.7 Å². The maximum absolute atomic E-state index is 12.2. The van der Waals surface area contributed by atoms with Gasteiger partial charge in [-0.25, -0.2) is 4.79 Å². The number of nitrogens with two attached hydrogens (primary N) is 1. The van der Waals surface area contributed by atoms with Crippen molar-refractivity contribution >= 4 is 24.5 Å². The van der Waals surface area contributed by atoms with Crippen molar-refractivity contribution in [1.82, 2.24) is 4.90 Å². The fourth-order valence-electron chi connectivity index (χ4n) is 3.40. The predicted octanol–water partition coefficient (Wildman–Crippen LogP) is 0.735. The minimum atomic E-state index is -0.913. The van der Waals surface area contributed by atoms with Crippen molar-refractivity contribution in [3.8, 4) is 0 Å². The van der Waals surface area contributed by atoms with Crippen LogP contribution in [0.5, 0.6) is 0 Å². The SMILES string of the molecule is N[C@@H](CS)C(=O)N1CC2CCCCC2CC1C(=O)O. The quantitative estimate of drug-likeness (QED) is 0.668. The third-order valence-electron chi connectivity index (χ3n) is 4.48. The lowest BCUT2D eigenvalue weighted by molar-refractivity contribution is -0.156. The number of carbonyl (C=O) groups is 2. The van der Waals surface area contributed by atoms with E-state index in [4.69, 9.17) is 5.73 Å². The Hall–Kier alpha value is -0.750. The molecule has 3 unspecified atom stereocenters. The number of piperidine rings is 1. The molecular weight excluding hydrogens is 264 g/mol. The lowest BCUT2D eigenvalue weighted by Gasteiger charge is -2.45. The van der Waals surface area contributed by atoms with E-state index in [1.54, 1.807) is 0 Å². The second-order valence-electron chi connectivity index (χ2n) is 5.67. The summed E-state index contributed by atoms with van der Waals surface area (Å²) in [6.45, 7) is 0.544. The summed E-state index contributed by atoms with van der Waals surface area (Å²) in [4.78, 5) is 25.1. The number of carboxylic acid groups (broad SMARTS) is 1. The zero-order valence-corrected chi connectivity index (χ0v) is 11.9. The molecule has 1 heterocycles. The maximum atomic E-state index is 12.2. The fourth-order valence-corrected chi connectivity index (χ4v) is 3.55. The van der Waals surface area contributed by atoms with Gasteiger partial charge in [-0.15, -0.1) is 0 Å². The van der Waals surface area contributed by atoms with Crippen LogP contribution in [0.25, 0.3) is 0 Å². The molecule has 108 valence electrons. The minimum absolute atomic E-state index is 0.246. The van der Waals surface area contributed by atoms with Crippen molar-refractivity contribution in [3.05, 3.63) is 0 Å². The molecule has 19 heavy (non-hydrogen) atoms. The molecule has 1 amide bonds. The number of thiol groups is 1. The normalized spacial score (nSPS) is 32.5. The third-order valence-corrected chi connectivity index (χ3v) is 4.88. The van der Waals surface area contributed by atoms with Gasteiger partial charge in [0.15, 0.2) is 0 Å². The number of likely N-dealkylation sites (tertiary alicyclic amines) is 1. The highest BCUT2D eigenvalue weighted by Crippen LogP contribution is 2.38. The van der Waals surface area contributed by atoms with Crippen LogP contribution in [-0.4, -0.2) is 46.3 Å². The summed E-state index contributed by atoms with van der Waals surface area (Å²) in [6.07, 6.45) is 5.12. The summed E-state index contributed by atoms with van der Waals surface area (Å²) in [5.41, 5.74) is 5.72. The van der Waals surface area contributed by atoms with Crippen LogP contribution < -0.4 is 5.73 Å². The van der Waals surface area contributed by atoms with Gasteiger partial charge < -0.3 is 15.7 Å². The molecule has 0 bridgehead atoms. The Bertz CT molecular complexity index is 364. The highest BCUT2D eigenvalue weighted by molar-refractivity contribution is 7.80. The summed E-state index contributed by atoms with van der Waals surface area (Å²) in [5.74, 6) is -0.0443. The van der Waals surface area contributed by atoms with Gasteiger partial charge in [0, 0.05) is 12.3 Å². The smallest absolute Gasteiger partial charge is 0.326 e. The standard InChI is InChI=1S/C13H22N2O3S/c14-10(7-19)12(16)15-6-9-4-2-1-3-8(9)5-11(15)13(17)18/h8-11,19H,1-7,14H2,(H,17,18)/t8?,9?,10-,11?/m0/s1. The zero-order valence-electron chi connectivity index (χ0n) is 11.0. The molecule has 0 aromatic rings. The van der Waals surface area contributed by atoms with Gasteiger partial charge in [0.2, 0.25) is 5.91 Å². The molecule has 0 aromatic heterocycles. The third kappa shape index (κ3) is 3.05. The van der Waals surface area contributed by atoms with Crippen molar-refractivity contribution in [3.63, 3.8) is 0 Å². The van der Waals surface area contributed by atoms with Gasteiger partial charge >= 0.3 is 5.97 Å². The molecule has 0 radical (unpaired) electrons. The molecule has 1 saturated heterocycles. The summed E-state index contributed by atoms with van der Waals surface area (Å²) in [6, 6.07) is -1.41. The maximum Gasteiger partial charge on any atom is 0.326 e. The molecule has 5 nitrogen and oxygen atoms in total. The highest BCUT2D eigenvalue weighted by Gasteiger charge is 2.42. The van der Waals surface area contributed by atoms with Crippen LogP contribution in [0.15, 0.2) is 0 Å². The lowest BCUT2D eigenvalue weighted by Crippen LogP contribution is -2.58. The monoisotopic (exact) mass is 286 g/mol. The van der Waals surface area contributed by atoms with Crippen LogP contribution in [0, 0.1) is 11.8 Å². The van der Waals surface area contributed by atoms with Gasteiger partial charge in [-0.05, 0) is 24.7 Å². The number of nitrogens with zero attached hydrogens (tertiary/aromatic N) is 1. The first-order valence-corrected chi connectivity index (χ1v) is 7.57. The van der Waals surface area contributed by atoms with E-state index >= 15 is 0 Å². The molecule has 2 fully saturated rings. The van der Waals surface area contributed by atoms with Crippen molar-refractivity contribution in [2.24, 2.45) is 17.6 Å². The topological polar surface area (TPSA) is 83.6 Å². The van der Waals surface area contributed by atoms with E-state index in [1.807, 2.05) is 0 Å².